The van der Waals surface area contributed by atoms with E-state index in [1.54, 1.807) is 24.3 Å². The summed E-state index contributed by atoms with van der Waals surface area (Å²) in [6.07, 6.45) is 0.0623. The summed E-state index contributed by atoms with van der Waals surface area (Å²) in [7, 11) is -3.10. The Kier molecular flexibility index (Phi) is 5.68. The average Bonchev–Trinajstić information content (AvgIpc) is 3.11. The Hall–Kier alpha value is -1.90. The Bertz CT molecular complexity index is 1060. The highest BCUT2D eigenvalue weighted by atomic mass is 35.5. The number of rotatable bonds is 4. The number of hydrogen-bond acceptors (Lipinski definition) is 4. The van der Waals surface area contributed by atoms with Crippen molar-refractivity contribution in [1.82, 2.24) is 4.90 Å². The van der Waals surface area contributed by atoms with Crippen molar-refractivity contribution in [3.05, 3.63) is 70.5 Å². The van der Waals surface area contributed by atoms with Crippen LogP contribution in [0, 0.1) is 5.82 Å². The molecule has 2 aromatic carbocycles. The van der Waals surface area contributed by atoms with Gasteiger partial charge in [0.25, 0.3) is 5.91 Å². The van der Waals surface area contributed by atoms with E-state index in [1.807, 2.05) is 17.0 Å². The van der Waals surface area contributed by atoms with Gasteiger partial charge in [0.15, 0.2) is 15.0 Å². The summed E-state index contributed by atoms with van der Waals surface area (Å²) in [5.41, 5.74) is 1.63. The predicted molar refractivity (Wildman–Crippen MR) is 113 cm³/mol. The number of benzene rings is 2. The summed E-state index contributed by atoms with van der Waals surface area (Å²) in [6.45, 7) is 0.448. The molecule has 2 aliphatic rings. The zero-order valence-corrected chi connectivity index (χ0v) is 17.7. The first-order valence-corrected chi connectivity index (χ1v) is 12.1. The normalized spacial score (nSPS) is 24.1. The van der Waals surface area contributed by atoms with E-state index in [0.29, 0.717) is 22.3 Å². The number of halogens is 2. The summed E-state index contributed by atoms with van der Waals surface area (Å²) in [6, 6.07) is 12.8. The van der Waals surface area contributed by atoms with Crippen LogP contribution in [0.15, 0.2) is 53.5 Å². The predicted octanol–water partition coefficient (Wildman–Crippen LogP) is 3.32. The molecule has 2 fully saturated rings. The number of amides is 1. The first-order valence-electron chi connectivity index (χ1n) is 9.03. The molecule has 2 aromatic rings. The molecule has 5 nitrogen and oxygen atoms in total. The van der Waals surface area contributed by atoms with Crippen LogP contribution < -0.4 is 0 Å². The van der Waals surface area contributed by atoms with Gasteiger partial charge in [0.05, 0.1) is 24.0 Å². The summed E-state index contributed by atoms with van der Waals surface area (Å²) in [5.74, 6) is -0.557. The van der Waals surface area contributed by atoms with Crippen molar-refractivity contribution in [3.8, 4) is 0 Å². The second-order valence-electron chi connectivity index (χ2n) is 7.15. The topological polar surface area (TPSA) is 66.8 Å². The fourth-order valence-corrected chi connectivity index (χ4v) is 7.62. The fraction of sp³-hybridized carbons (Fsp3) is 0.300. The van der Waals surface area contributed by atoms with Crippen LogP contribution in [-0.4, -0.2) is 47.2 Å². The molecule has 0 unspecified atom stereocenters. The Morgan fingerprint density at radius 1 is 1.10 bits per heavy atom. The lowest BCUT2D eigenvalue weighted by atomic mass is 10.1. The summed E-state index contributed by atoms with van der Waals surface area (Å²) >= 11 is 7.30. The van der Waals surface area contributed by atoms with Crippen LogP contribution in [0.25, 0.3) is 0 Å². The third-order valence-corrected chi connectivity index (χ3v) is 8.43. The van der Waals surface area contributed by atoms with Gasteiger partial charge in [-0.1, -0.05) is 47.6 Å². The number of sulfone groups is 1. The molecule has 29 heavy (non-hydrogen) atoms. The molecular formula is C20H18ClFN2O3S2. The van der Waals surface area contributed by atoms with Crippen molar-refractivity contribution in [1.29, 1.82) is 0 Å². The van der Waals surface area contributed by atoms with E-state index in [2.05, 4.69) is 4.99 Å². The Morgan fingerprint density at radius 2 is 1.76 bits per heavy atom. The maximum atomic E-state index is 13.0. The molecule has 0 aromatic heterocycles. The van der Waals surface area contributed by atoms with Gasteiger partial charge in [-0.2, -0.15) is 4.99 Å². The van der Waals surface area contributed by atoms with E-state index < -0.39 is 9.84 Å². The number of fused-ring (bicyclic) bond motifs is 1. The van der Waals surface area contributed by atoms with Gasteiger partial charge < -0.3 is 4.90 Å². The molecular weight excluding hydrogens is 435 g/mol. The van der Waals surface area contributed by atoms with Gasteiger partial charge in [0.2, 0.25) is 0 Å². The lowest BCUT2D eigenvalue weighted by Crippen LogP contribution is -2.37. The second kappa shape index (κ2) is 8.08. The van der Waals surface area contributed by atoms with Crippen LogP contribution in [0.3, 0.4) is 0 Å². The van der Waals surface area contributed by atoms with Crippen LogP contribution in [0.5, 0.6) is 0 Å². The molecule has 2 heterocycles. The zero-order chi connectivity index (χ0) is 20.6. The molecule has 9 heteroatoms. The maximum Gasteiger partial charge on any atom is 0.252 e. The van der Waals surface area contributed by atoms with Crippen molar-refractivity contribution in [2.45, 2.75) is 24.3 Å². The van der Waals surface area contributed by atoms with Crippen LogP contribution in [0.4, 0.5) is 4.39 Å². The third-order valence-electron chi connectivity index (χ3n) is 4.93. The first-order chi connectivity index (χ1) is 13.8. The van der Waals surface area contributed by atoms with Crippen LogP contribution in [0.1, 0.15) is 11.1 Å². The Balaban J connectivity index is 1.56. The zero-order valence-electron chi connectivity index (χ0n) is 15.3. The minimum Gasteiger partial charge on any atom is -0.342 e. The number of carbonyl (C=O) groups excluding carboxylic acids is 1. The van der Waals surface area contributed by atoms with Crippen LogP contribution >= 0.6 is 23.4 Å². The molecule has 0 spiro atoms. The van der Waals surface area contributed by atoms with E-state index in [9.17, 15) is 17.6 Å². The molecule has 0 radical (unpaired) electrons. The van der Waals surface area contributed by atoms with Gasteiger partial charge in [0.1, 0.15) is 5.82 Å². The minimum absolute atomic E-state index is 0.0590. The Labute approximate surface area is 177 Å². The van der Waals surface area contributed by atoms with E-state index in [4.69, 9.17) is 11.6 Å². The molecule has 1 amide bonds. The van der Waals surface area contributed by atoms with Gasteiger partial charge in [-0.3, -0.25) is 4.79 Å². The van der Waals surface area contributed by atoms with Gasteiger partial charge in [-0.05, 0) is 35.4 Å². The standard InChI is InChI=1S/C20H18ClFN2O3S2/c21-15-5-1-14(2-6-15)10-24-17-11-29(26,27)12-18(17)28-20(24)23-19(25)9-13-3-7-16(22)8-4-13/h1-8,17-18H,9-12H2/t17-,18+/m0/s1. The molecule has 0 N–H and O–H groups in total. The maximum absolute atomic E-state index is 13.0. The molecule has 0 aliphatic carbocycles. The van der Waals surface area contributed by atoms with E-state index in [1.165, 1.54) is 23.9 Å². The second-order valence-corrected chi connectivity index (χ2v) is 10.9. The van der Waals surface area contributed by atoms with E-state index in [-0.39, 0.29) is 40.9 Å². The largest absolute Gasteiger partial charge is 0.342 e. The van der Waals surface area contributed by atoms with E-state index in [0.717, 1.165) is 5.56 Å². The first kappa shape index (κ1) is 20.4. The number of aliphatic imine (C=N–C) groups is 1. The monoisotopic (exact) mass is 452 g/mol. The Morgan fingerprint density at radius 3 is 2.45 bits per heavy atom. The van der Waals surface area contributed by atoms with Crippen LogP contribution in [-0.2, 0) is 27.6 Å². The number of nitrogens with zero attached hydrogens (tertiary/aromatic N) is 2. The van der Waals surface area contributed by atoms with Crippen molar-refractivity contribution in [2.24, 2.45) is 4.99 Å². The van der Waals surface area contributed by atoms with Gasteiger partial charge >= 0.3 is 0 Å². The quantitative estimate of drug-likeness (QED) is 0.712. The molecule has 152 valence electrons. The molecule has 2 aliphatic heterocycles. The summed E-state index contributed by atoms with van der Waals surface area (Å²) in [5, 5.41) is 1.02. The molecule has 4 rings (SSSR count). The highest BCUT2D eigenvalue weighted by Gasteiger charge is 2.48. The lowest BCUT2D eigenvalue weighted by Gasteiger charge is -2.24. The van der Waals surface area contributed by atoms with Gasteiger partial charge in [-0.15, -0.1) is 0 Å². The number of amidine groups is 1. The van der Waals surface area contributed by atoms with Crippen LogP contribution in [0.2, 0.25) is 5.02 Å². The number of carbonyl (C=O) groups is 1. The number of hydrogen-bond donors (Lipinski definition) is 0. The molecule has 2 atom stereocenters. The minimum atomic E-state index is -3.10. The SMILES string of the molecule is O=C(Cc1ccc(F)cc1)N=C1S[C@@H]2CS(=O)(=O)C[C@@H]2N1Cc1ccc(Cl)cc1. The van der Waals surface area contributed by atoms with Crippen molar-refractivity contribution >= 4 is 44.3 Å². The van der Waals surface area contributed by atoms with Gasteiger partial charge in [-0.25, -0.2) is 12.8 Å². The number of thioether (sulfide) groups is 1. The summed E-state index contributed by atoms with van der Waals surface area (Å²) in [4.78, 5) is 18.7. The molecule has 0 bridgehead atoms. The average molecular weight is 453 g/mol. The highest BCUT2D eigenvalue weighted by Crippen LogP contribution is 2.39. The van der Waals surface area contributed by atoms with Crippen molar-refractivity contribution in [3.63, 3.8) is 0 Å². The summed E-state index contributed by atoms with van der Waals surface area (Å²) < 4.78 is 37.2. The fourth-order valence-electron chi connectivity index (χ4n) is 3.53. The van der Waals surface area contributed by atoms with Crippen molar-refractivity contribution < 1.29 is 17.6 Å². The lowest BCUT2D eigenvalue weighted by molar-refractivity contribution is -0.117. The highest BCUT2D eigenvalue weighted by molar-refractivity contribution is 8.15. The molecule has 0 saturated carbocycles. The van der Waals surface area contributed by atoms with E-state index >= 15 is 0 Å². The smallest absolute Gasteiger partial charge is 0.252 e. The van der Waals surface area contributed by atoms with Crippen molar-refractivity contribution in [2.75, 3.05) is 11.5 Å². The third kappa shape index (κ3) is 4.82. The van der Waals surface area contributed by atoms with Gasteiger partial charge in [0, 0.05) is 16.8 Å². The molecule has 2 saturated heterocycles.